The summed E-state index contributed by atoms with van der Waals surface area (Å²) in [6.07, 6.45) is 1.54. The number of aromatic nitrogens is 2. The highest BCUT2D eigenvalue weighted by atomic mass is 32.2. The fraction of sp³-hybridized carbons (Fsp3) is 0.150. The highest BCUT2D eigenvalue weighted by molar-refractivity contribution is 8.03. The van der Waals surface area contributed by atoms with Crippen LogP contribution in [0.4, 0.5) is 0 Å². The fourth-order valence-corrected chi connectivity index (χ4v) is 3.27. The van der Waals surface area contributed by atoms with Crippen LogP contribution in [0.1, 0.15) is 17.0 Å². The van der Waals surface area contributed by atoms with Crippen LogP contribution in [0.2, 0.25) is 0 Å². The Hall–Kier alpha value is -3.46. The first kappa shape index (κ1) is 18.9. The molecule has 8 nitrogen and oxygen atoms in total. The van der Waals surface area contributed by atoms with Gasteiger partial charge in [0.1, 0.15) is 17.3 Å². The number of ether oxygens (including phenoxy) is 3. The smallest absolute Gasteiger partial charge is 0.342 e. The third-order valence-corrected chi connectivity index (χ3v) is 4.79. The topological polar surface area (TPSA) is 104 Å². The molecule has 148 valence electrons. The zero-order valence-electron chi connectivity index (χ0n) is 15.3. The Balaban J connectivity index is 1.41. The van der Waals surface area contributed by atoms with Gasteiger partial charge in [0.25, 0.3) is 5.22 Å². The van der Waals surface area contributed by atoms with Crippen molar-refractivity contribution in [1.82, 2.24) is 10.2 Å². The standard InChI is InChI=1S/C20H16N2O6S/c1-12-21-22-20(28-12)29-18(19(23)24)9-13-2-5-15(6-3-13)25-10-14-4-7-16-17(8-14)27-11-26-16/h2-9H,10-11H2,1H3,(H,23,24)/b18-9-. The van der Waals surface area contributed by atoms with E-state index in [0.717, 1.165) is 23.1 Å². The second-order valence-corrected chi connectivity index (χ2v) is 7.04. The maximum atomic E-state index is 11.5. The van der Waals surface area contributed by atoms with Crippen LogP contribution in [-0.4, -0.2) is 28.1 Å². The fourth-order valence-electron chi connectivity index (χ4n) is 2.56. The Bertz CT molecular complexity index is 1060. The molecule has 0 fully saturated rings. The van der Waals surface area contributed by atoms with Crippen molar-refractivity contribution in [2.75, 3.05) is 6.79 Å². The molecule has 1 aromatic heterocycles. The van der Waals surface area contributed by atoms with Crippen molar-refractivity contribution in [2.24, 2.45) is 0 Å². The minimum atomic E-state index is -1.08. The number of thioether (sulfide) groups is 1. The molecule has 0 bridgehead atoms. The molecular weight excluding hydrogens is 396 g/mol. The van der Waals surface area contributed by atoms with Crippen LogP contribution < -0.4 is 14.2 Å². The predicted molar refractivity (Wildman–Crippen MR) is 104 cm³/mol. The van der Waals surface area contributed by atoms with Crippen molar-refractivity contribution < 1.29 is 28.5 Å². The number of hydrogen-bond acceptors (Lipinski definition) is 8. The van der Waals surface area contributed by atoms with Crippen LogP contribution in [0.25, 0.3) is 6.08 Å². The number of aryl methyl sites for hydroxylation is 1. The monoisotopic (exact) mass is 412 g/mol. The van der Waals surface area contributed by atoms with Gasteiger partial charge in [-0.25, -0.2) is 4.79 Å². The van der Waals surface area contributed by atoms with Gasteiger partial charge in [0.15, 0.2) is 11.5 Å². The predicted octanol–water partition coefficient (Wildman–Crippen LogP) is 3.90. The second kappa shape index (κ2) is 8.27. The SMILES string of the molecule is Cc1nnc(S/C(=C\c2ccc(OCc3ccc4c(c3)OCO4)cc2)C(=O)O)o1. The third kappa shape index (κ3) is 4.69. The molecule has 1 N–H and O–H groups in total. The average Bonchev–Trinajstić information content (AvgIpc) is 3.35. The molecule has 9 heteroatoms. The van der Waals surface area contributed by atoms with Crippen molar-refractivity contribution in [3.05, 3.63) is 64.4 Å². The van der Waals surface area contributed by atoms with Gasteiger partial charge in [-0.15, -0.1) is 10.2 Å². The van der Waals surface area contributed by atoms with Gasteiger partial charge >= 0.3 is 5.97 Å². The largest absolute Gasteiger partial charge is 0.489 e. The van der Waals surface area contributed by atoms with E-state index in [2.05, 4.69) is 10.2 Å². The van der Waals surface area contributed by atoms with Gasteiger partial charge in [-0.1, -0.05) is 18.2 Å². The lowest BCUT2D eigenvalue weighted by atomic mass is 10.2. The molecule has 2 aromatic carbocycles. The Labute approximate surface area is 170 Å². The zero-order valence-corrected chi connectivity index (χ0v) is 16.1. The lowest BCUT2D eigenvalue weighted by molar-refractivity contribution is -0.131. The van der Waals surface area contributed by atoms with Gasteiger partial charge in [-0.05, 0) is 53.2 Å². The van der Waals surface area contributed by atoms with E-state index in [1.807, 2.05) is 18.2 Å². The molecule has 0 atom stereocenters. The van der Waals surface area contributed by atoms with Crippen molar-refractivity contribution in [3.63, 3.8) is 0 Å². The lowest BCUT2D eigenvalue weighted by Crippen LogP contribution is -1.97. The number of carboxylic acid groups (broad SMARTS) is 1. The normalized spacial score (nSPS) is 12.8. The average molecular weight is 412 g/mol. The van der Waals surface area contributed by atoms with E-state index in [4.69, 9.17) is 18.6 Å². The summed E-state index contributed by atoms with van der Waals surface area (Å²) in [5.74, 6) is 1.40. The number of fused-ring (bicyclic) bond motifs is 1. The van der Waals surface area contributed by atoms with Gasteiger partial charge in [0.2, 0.25) is 12.7 Å². The Morgan fingerprint density at radius 2 is 1.97 bits per heavy atom. The summed E-state index contributed by atoms with van der Waals surface area (Å²) in [5.41, 5.74) is 1.67. The van der Waals surface area contributed by atoms with Crippen LogP contribution in [0.3, 0.4) is 0 Å². The molecule has 0 unspecified atom stereocenters. The molecular formula is C20H16N2O6S. The van der Waals surface area contributed by atoms with E-state index in [9.17, 15) is 9.90 Å². The Morgan fingerprint density at radius 1 is 1.17 bits per heavy atom. The quantitative estimate of drug-likeness (QED) is 0.457. The number of carboxylic acids is 1. The Morgan fingerprint density at radius 3 is 2.69 bits per heavy atom. The highest BCUT2D eigenvalue weighted by Gasteiger charge is 2.15. The number of nitrogens with zero attached hydrogens (tertiary/aromatic N) is 2. The van der Waals surface area contributed by atoms with E-state index in [0.29, 0.717) is 29.6 Å². The van der Waals surface area contributed by atoms with Crippen LogP contribution in [-0.2, 0) is 11.4 Å². The minimum absolute atomic E-state index is 0.0719. The van der Waals surface area contributed by atoms with Gasteiger partial charge in [0, 0.05) is 6.92 Å². The molecule has 29 heavy (non-hydrogen) atoms. The molecule has 0 spiro atoms. The van der Waals surface area contributed by atoms with Crippen molar-refractivity contribution in [3.8, 4) is 17.2 Å². The molecule has 4 rings (SSSR count). The molecule has 0 saturated carbocycles. The number of carbonyl (C=O) groups is 1. The first-order valence-corrected chi connectivity index (χ1v) is 9.43. The maximum Gasteiger partial charge on any atom is 0.342 e. The third-order valence-electron chi connectivity index (χ3n) is 3.94. The summed E-state index contributed by atoms with van der Waals surface area (Å²) in [7, 11) is 0. The summed E-state index contributed by atoms with van der Waals surface area (Å²) >= 11 is 0.902. The van der Waals surface area contributed by atoms with E-state index >= 15 is 0 Å². The van der Waals surface area contributed by atoms with E-state index in [-0.39, 0.29) is 16.9 Å². The Kier molecular flexibility index (Phi) is 5.39. The highest BCUT2D eigenvalue weighted by Crippen LogP contribution is 2.33. The van der Waals surface area contributed by atoms with E-state index in [1.54, 1.807) is 31.2 Å². The first-order chi connectivity index (χ1) is 14.1. The number of benzene rings is 2. The van der Waals surface area contributed by atoms with Crippen LogP contribution in [0.15, 0.2) is 57.0 Å². The number of aliphatic carboxylic acids is 1. The lowest BCUT2D eigenvalue weighted by Gasteiger charge is -2.07. The van der Waals surface area contributed by atoms with Crippen LogP contribution in [0.5, 0.6) is 17.2 Å². The summed E-state index contributed by atoms with van der Waals surface area (Å²) in [5, 5.41) is 17.1. The molecule has 0 radical (unpaired) electrons. The summed E-state index contributed by atoms with van der Waals surface area (Å²) < 4.78 is 21.7. The summed E-state index contributed by atoms with van der Waals surface area (Å²) in [6.45, 7) is 2.25. The molecule has 2 heterocycles. The number of hydrogen-bond donors (Lipinski definition) is 1. The molecule has 0 aliphatic carbocycles. The van der Waals surface area contributed by atoms with E-state index in [1.165, 1.54) is 6.08 Å². The van der Waals surface area contributed by atoms with Gasteiger partial charge in [-0.3, -0.25) is 0 Å². The molecule has 1 aliphatic rings. The second-order valence-electron chi connectivity index (χ2n) is 6.05. The molecule has 0 saturated heterocycles. The minimum Gasteiger partial charge on any atom is -0.489 e. The molecule has 3 aromatic rings. The maximum absolute atomic E-state index is 11.5. The molecule has 0 amide bonds. The van der Waals surface area contributed by atoms with Gasteiger partial charge in [-0.2, -0.15) is 0 Å². The van der Waals surface area contributed by atoms with Crippen molar-refractivity contribution >= 4 is 23.8 Å². The van der Waals surface area contributed by atoms with Crippen molar-refractivity contribution in [1.29, 1.82) is 0 Å². The number of rotatable bonds is 7. The van der Waals surface area contributed by atoms with Gasteiger partial charge < -0.3 is 23.7 Å². The van der Waals surface area contributed by atoms with Crippen molar-refractivity contribution in [2.45, 2.75) is 18.8 Å². The molecule has 1 aliphatic heterocycles. The summed E-state index contributed by atoms with van der Waals surface area (Å²) in [4.78, 5) is 11.6. The zero-order chi connectivity index (χ0) is 20.2. The van der Waals surface area contributed by atoms with Crippen LogP contribution in [0, 0.1) is 6.92 Å². The van der Waals surface area contributed by atoms with Crippen LogP contribution >= 0.6 is 11.8 Å². The van der Waals surface area contributed by atoms with E-state index < -0.39 is 5.97 Å². The summed E-state index contributed by atoms with van der Waals surface area (Å²) in [6, 6.07) is 12.8. The van der Waals surface area contributed by atoms with Gasteiger partial charge in [0.05, 0.1) is 0 Å². The first-order valence-electron chi connectivity index (χ1n) is 8.61.